The molecule has 144 valence electrons. The van der Waals surface area contributed by atoms with Crippen LogP contribution in [0.3, 0.4) is 0 Å². The summed E-state index contributed by atoms with van der Waals surface area (Å²) in [4.78, 5) is 38.8. The van der Waals surface area contributed by atoms with Gasteiger partial charge in [-0.05, 0) is 30.7 Å². The molecule has 2 aromatic rings. The summed E-state index contributed by atoms with van der Waals surface area (Å²) in [5, 5.41) is 4.80. The molecule has 27 heavy (non-hydrogen) atoms. The lowest BCUT2D eigenvalue weighted by atomic mass is 10.2. The van der Waals surface area contributed by atoms with Gasteiger partial charge in [0.1, 0.15) is 10.8 Å². The predicted octanol–water partition coefficient (Wildman–Crippen LogP) is 2.04. The second-order valence-corrected chi connectivity index (χ2v) is 6.23. The number of thiazole rings is 1. The molecule has 0 unspecified atom stereocenters. The van der Waals surface area contributed by atoms with E-state index >= 15 is 0 Å². The van der Waals surface area contributed by atoms with Crippen molar-refractivity contribution in [2.75, 3.05) is 27.4 Å². The zero-order valence-electron chi connectivity index (χ0n) is 15.0. The quantitative estimate of drug-likeness (QED) is 0.514. The largest absolute Gasteiger partial charge is 0.497 e. The molecule has 1 N–H and O–H groups in total. The average Bonchev–Trinajstić information content (AvgIpc) is 3.19. The lowest BCUT2D eigenvalue weighted by molar-refractivity contribution is -0.140. The molecule has 1 aromatic carbocycles. The van der Waals surface area contributed by atoms with E-state index in [1.807, 2.05) is 12.1 Å². The highest BCUT2D eigenvalue weighted by molar-refractivity contribution is 7.13. The smallest absolute Gasteiger partial charge is 0.358 e. The van der Waals surface area contributed by atoms with Gasteiger partial charge in [0.25, 0.3) is 5.91 Å². The first kappa shape index (κ1) is 20.4. The fourth-order valence-electron chi connectivity index (χ4n) is 2.05. The highest BCUT2D eigenvalue weighted by Gasteiger charge is 2.15. The number of rotatable bonds is 9. The van der Waals surface area contributed by atoms with Crippen LogP contribution in [0.1, 0.15) is 23.3 Å². The number of esters is 2. The highest BCUT2D eigenvalue weighted by Crippen LogP contribution is 2.25. The molecule has 0 spiro atoms. The third-order valence-electron chi connectivity index (χ3n) is 3.49. The van der Waals surface area contributed by atoms with Gasteiger partial charge in [0.15, 0.2) is 12.3 Å². The minimum Gasteiger partial charge on any atom is -0.497 e. The number of carbonyl (C=O) groups is 3. The number of hydrogen-bond donors (Lipinski definition) is 1. The molecule has 9 heteroatoms. The van der Waals surface area contributed by atoms with Crippen LogP contribution in [-0.2, 0) is 19.1 Å². The molecule has 0 aliphatic rings. The molecule has 0 radical (unpaired) electrons. The van der Waals surface area contributed by atoms with E-state index in [9.17, 15) is 14.4 Å². The van der Waals surface area contributed by atoms with Crippen molar-refractivity contribution in [1.29, 1.82) is 0 Å². The van der Waals surface area contributed by atoms with E-state index in [0.717, 1.165) is 11.3 Å². The maximum absolute atomic E-state index is 12.0. The standard InChI is InChI=1S/C18H20N2O6S/c1-24-13-7-5-12(6-8-13)17-20-14(11-27-17)18(23)26-10-15(21)19-9-3-4-16(22)25-2/h5-8,11H,3-4,9-10H2,1-2H3,(H,19,21). The van der Waals surface area contributed by atoms with Gasteiger partial charge in [-0.15, -0.1) is 11.3 Å². The average molecular weight is 392 g/mol. The third kappa shape index (κ3) is 6.37. The molecule has 2 rings (SSSR count). The Morgan fingerprint density at radius 3 is 2.56 bits per heavy atom. The van der Waals surface area contributed by atoms with E-state index in [2.05, 4.69) is 15.0 Å². The van der Waals surface area contributed by atoms with E-state index in [1.54, 1.807) is 24.6 Å². The van der Waals surface area contributed by atoms with Crippen molar-refractivity contribution in [3.05, 3.63) is 35.3 Å². The maximum atomic E-state index is 12.0. The Hall–Kier alpha value is -2.94. The first-order valence-electron chi connectivity index (χ1n) is 8.14. The van der Waals surface area contributed by atoms with Crippen LogP contribution in [0.2, 0.25) is 0 Å². The zero-order valence-corrected chi connectivity index (χ0v) is 15.8. The topological polar surface area (TPSA) is 104 Å². The van der Waals surface area contributed by atoms with Crippen LogP contribution in [0.25, 0.3) is 10.6 Å². The summed E-state index contributed by atoms with van der Waals surface area (Å²) < 4.78 is 14.6. The molecule has 0 aliphatic heterocycles. The molecule has 0 saturated heterocycles. The van der Waals surface area contributed by atoms with Crippen LogP contribution < -0.4 is 10.1 Å². The van der Waals surface area contributed by atoms with Gasteiger partial charge in [0, 0.05) is 23.9 Å². The number of amides is 1. The van der Waals surface area contributed by atoms with Gasteiger partial charge in [0.05, 0.1) is 14.2 Å². The monoisotopic (exact) mass is 392 g/mol. The van der Waals surface area contributed by atoms with E-state index < -0.39 is 18.5 Å². The summed E-state index contributed by atoms with van der Waals surface area (Å²) in [7, 11) is 2.89. The first-order chi connectivity index (χ1) is 13.0. The van der Waals surface area contributed by atoms with Gasteiger partial charge in [0.2, 0.25) is 0 Å². The summed E-state index contributed by atoms with van der Waals surface area (Å²) in [6.45, 7) is -0.115. The number of ether oxygens (including phenoxy) is 3. The molecule has 1 heterocycles. The van der Waals surface area contributed by atoms with Gasteiger partial charge in [-0.3, -0.25) is 9.59 Å². The molecule has 0 saturated carbocycles. The summed E-state index contributed by atoms with van der Waals surface area (Å²) in [5.41, 5.74) is 0.993. The number of aromatic nitrogens is 1. The first-order valence-corrected chi connectivity index (χ1v) is 9.02. The summed E-state index contributed by atoms with van der Waals surface area (Å²) in [6, 6.07) is 7.29. The molecule has 8 nitrogen and oxygen atoms in total. The number of methoxy groups -OCH3 is 2. The van der Waals surface area contributed by atoms with Gasteiger partial charge < -0.3 is 19.5 Å². The Labute approximate surface area is 160 Å². The predicted molar refractivity (Wildman–Crippen MR) is 98.6 cm³/mol. The third-order valence-corrected chi connectivity index (χ3v) is 4.38. The number of benzene rings is 1. The van der Waals surface area contributed by atoms with Crippen LogP contribution in [0.4, 0.5) is 0 Å². The van der Waals surface area contributed by atoms with E-state index in [1.165, 1.54) is 18.4 Å². The Bertz CT molecular complexity index is 787. The fourth-order valence-corrected chi connectivity index (χ4v) is 2.85. The van der Waals surface area contributed by atoms with E-state index in [-0.39, 0.29) is 18.1 Å². The Balaban J connectivity index is 1.78. The van der Waals surface area contributed by atoms with Crippen LogP contribution in [0, 0.1) is 0 Å². The molecule has 1 amide bonds. The van der Waals surface area contributed by atoms with Crippen LogP contribution in [0.5, 0.6) is 5.75 Å². The number of hydrogen-bond acceptors (Lipinski definition) is 8. The van der Waals surface area contributed by atoms with Gasteiger partial charge in [-0.1, -0.05) is 0 Å². The molecule has 0 fully saturated rings. The summed E-state index contributed by atoms with van der Waals surface area (Å²) >= 11 is 1.30. The summed E-state index contributed by atoms with van der Waals surface area (Å²) in [6.07, 6.45) is 0.660. The number of nitrogens with zero attached hydrogens (tertiary/aromatic N) is 1. The van der Waals surface area contributed by atoms with E-state index in [4.69, 9.17) is 9.47 Å². The molecule has 0 aliphatic carbocycles. The van der Waals surface area contributed by atoms with Crippen LogP contribution >= 0.6 is 11.3 Å². The zero-order chi connectivity index (χ0) is 19.6. The molecule has 1 aromatic heterocycles. The van der Waals surface area contributed by atoms with Gasteiger partial charge in [-0.25, -0.2) is 9.78 Å². The minimum absolute atomic E-state index is 0.143. The van der Waals surface area contributed by atoms with Crippen molar-refractivity contribution >= 4 is 29.2 Å². The summed E-state index contributed by atoms with van der Waals surface area (Å²) in [5.74, 6) is -0.728. The Morgan fingerprint density at radius 1 is 1.15 bits per heavy atom. The number of nitrogens with one attached hydrogen (secondary N) is 1. The second-order valence-electron chi connectivity index (χ2n) is 5.37. The van der Waals surface area contributed by atoms with Crippen molar-refractivity contribution in [2.24, 2.45) is 0 Å². The lowest BCUT2D eigenvalue weighted by Crippen LogP contribution is -2.30. The number of carbonyl (C=O) groups excluding carboxylic acids is 3. The maximum Gasteiger partial charge on any atom is 0.358 e. The SMILES string of the molecule is COC(=O)CCCNC(=O)COC(=O)c1csc(-c2ccc(OC)cc2)n1. The highest BCUT2D eigenvalue weighted by atomic mass is 32.1. The fraction of sp³-hybridized carbons (Fsp3) is 0.333. The van der Waals surface area contributed by atoms with Crippen LogP contribution in [0.15, 0.2) is 29.6 Å². The van der Waals surface area contributed by atoms with Gasteiger partial charge >= 0.3 is 11.9 Å². The lowest BCUT2D eigenvalue weighted by Gasteiger charge is -2.05. The molecule has 0 atom stereocenters. The molecular formula is C18H20N2O6S. The van der Waals surface area contributed by atoms with Crippen molar-refractivity contribution in [3.63, 3.8) is 0 Å². The second kappa shape index (κ2) is 10.3. The van der Waals surface area contributed by atoms with Crippen molar-refractivity contribution < 1.29 is 28.6 Å². The Morgan fingerprint density at radius 2 is 1.89 bits per heavy atom. The van der Waals surface area contributed by atoms with Gasteiger partial charge in [-0.2, -0.15) is 0 Å². The minimum atomic E-state index is -0.671. The molecule has 0 bridgehead atoms. The molecular weight excluding hydrogens is 372 g/mol. The normalized spacial score (nSPS) is 10.1. The van der Waals surface area contributed by atoms with Crippen LogP contribution in [-0.4, -0.2) is 50.2 Å². The van der Waals surface area contributed by atoms with Crippen molar-refractivity contribution in [1.82, 2.24) is 10.3 Å². The van der Waals surface area contributed by atoms with Crippen molar-refractivity contribution in [2.45, 2.75) is 12.8 Å². The Kier molecular flexibility index (Phi) is 7.75. The van der Waals surface area contributed by atoms with E-state index in [0.29, 0.717) is 18.0 Å². The van der Waals surface area contributed by atoms with Crippen molar-refractivity contribution in [3.8, 4) is 16.3 Å².